The van der Waals surface area contributed by atoms with Crippen LogP contribution in [0.5, 0.6) is 0 Å². The Morgan fingerprint density at radius 1 is 1.35 bits per heavy atom. The van der Waals surface area contributed by atoms with Gasteiger partial charge in [-0.05, 0) is 49.2 Å². The zero-order chi connectivity index (χ0) is 14.7. The van der Waals surface area contributed by atoms with Crippen LogP contribution in [0.4, 0.5) is 0 Å². The third-order valence-electron chi connectivity index (χ3n) is 3.49. The van der Waals surface area contributed by atoms with Gasteiger partial charge in [-0.15, -0.1) is 0 Å². The minimum absolute atomic E-state index is 0.0180. The van der Waals surface area contributed by atoms with E-state index < -0.39 is 0 Å². The van der Waals surface area contributed by atoms with Crippen molar-refractivity contribution in [3.63, 3.8) is 0 Å². The SMILES string of the molecule is Cc1cc(Cl)ccc1C(=O)N(C)[C@@H](C)c1cccnc1. The molecule has 1 atom stereocenters. The summed E-state index contributed by atoms with van der Waals surface area (Å²) in [6.45, 7) is 3.88. The van der Waals surface area contributed by atoms with Crippen molar-refractivity contribution >= 4 is 17.5 Å². The van der Waals surface area contributed by atoms with Gasteiger partial charge in [0.15, 0.2) is 0 Å². The van der Waals surface area contributed by atoms with Crippen molar-refractivity contribution in [1.82, 2.24) is 9.88 Å². The molecule has 2 rings (SSSR count). The molecule has 0 bridgehead atoms. The second-order valence-electron chi connectivity index (χ2n) is 4.84. The molecular formula is C16H17ClN2O. The molecule has 0 radical (unpaired) electrons. The maximum Gasteiger partial charge on any atom is 0.254 e. The molecule has 0 saturated carbocycles. The van der Waals surface area contributed by atoms with Gasteiger partial charge < -0.3 is 4.90 Å². The third-order valence-corrected chi connectivity index (χ3v) is 3.72. The minimum atomic E-state index is -0.0359. The van der Waals surface area contributed by atoms with Gasteiger partial charge in [-0.25, -0.2) is 0 Å². The van der Waals surface area contributed by atoms with Gasteiger partial charge in [0.25, 0.3) is 5.91 Å². The van der Waals surface area contributed by atoms with Gasteiger partial charge in [0, 0.05) is 30.0 Å². The number of carbonyl (C=O) groups excluding carboxylic acids is 1. The normalized spacial score (nSPS) is 12.0. The minimum Gasteiger partial charge on any atom is -0.335 e. The lowest BCUT2D eigenvalue weighted by Crippen LogP contribution is -2.30. The van der Waals surface area contributed by atoms with E-state index in [0.717, 1.165) is 11.1 Å². The Kier molecular flexibility index (Phi) is 4.40. The average Bonchev–Trinajstić information content (AvgIpc) is 2.46. The smallest absolute Gasteiger partial charge is 0.254 e. The number of hydrogen-bond donors (Lipinski definition) is 0. The predicted octanol–water partition coefficient (Wildman–Crippen LogP) is 3.88. The molecule has 1 aromatic carbocycles. The van der Waals surface area contributed by atoms with Crippen molar-refractivity contribution in [3.8, 4) is 0 Å². The third kappa shape index (κ3) is 2.99. The van der Waals surface area contributed by atoms with Crippen LogP contribution in [-0.2, 0) is 0 Å². The molecule has 104 valence electrons. The highest BCUT2D eigenvalue weighted by molar-refractivity contribution is 6.30. The van der Waals surface area contributed by atoms with E-state index in [9.17, 15) is 4.79 Å². The quantitative estimate of drug-likeness (QED) is 0.859. The first kappa shape index (κ1) is 14.5. The summed E-state index contributed by atoms with van der Waals surface area (Å²) in [6, 6.07) is 9.12. The van der Waals surface area contributed by atoms with E-state index in [-0.39, 0.29) is 11.9 Å². The molecule has 3 nitrogen and oxygen atoms in total. The summed E-state index contributed by atoms with van der Waals surface area (Å²) in [5.74, 6) is -0.0180. The fourth-order valence-corrected chi connectivity index (χ4v) is 2.31. The summed E-state index contributed by atoms with van der Waals surface area (Å²) >= 11 is 5.93. The number of aromatic nitrogens is 1. The summed E-state index contributed by atoms with van der Waals surface area (Å²) in [4.78, 5) is 18.4. The molecule has 1 aromatic heterocycles. The topological polar surface area (TPSA) is 33.2 Å². The first-order chi connectivity index (χ1) is 9.50. The predicted molar refractivity (Wildman–Crippen MR) is 80.9 cm³/mol. The highest BCUT2D eigenvalue weighted by Crippen LogP contribution is 2.22. The van der Waals surface area contributed by atoms with Crippen LogP contribution in [0, 0.1) is 6.92 Å². The van der Waals surface area contributed by atoms with Gasteiger partial charge in [0.1, 0.15) is 0 Å². The van der Waals surface area contributed by atoms with Crippen LogP contribution in [0.2, 0.25) is 5.02 Å². The van der Waals surface area contributed by atoms with E-state index >= 15 is 0 Å². The highest BCUT2D eigenvalue weighted by atomic mass is 35.5. The molecule has 0 aliphatic carbocycles. The lowest BCUT2D eigenvalue weighted by Gasteiger charge is -2.25. The van der Waals surface area contributed by atoms with Crippen LogP contribution in [0.25, 0.3) is 0 Å². The van der Waals surface area contributed by atoms with Crippen molar-refractivity contribution in [2.24, 2.45) is 0 Å². The van der Waals surface area contributed by atoms with Gasteiger partial charge in [-0.2, -0.15) is 0 Å². The van der Waals surface area contributed by atoms with Crippen molar-refractivity contribution in [1.29, 1.82) is 0 Å². The van der Waals surface area contributed by atoms with Gasteiger partial charge in [0.05, 0.1) is 6.04 Å². The van der Waals surface area contributed by atoms with E-state index in [1.165, 1.54) is 0 Å². The fraction of sp³-hybridized carbons (Fsp3) is 0.250. The standard InChI is InChI=1S/C16H17ClN2O/c1-11-9-14(17)6-7-15(11)16(20)19(3)12(2)13-5-4-8-18-10-13/h4-10,12H,1-3H3/t12-/m0/s1. The first-order valence-electron chi connectivity index (χ1n) is 6.44. The van der Waals surface area contributed by atoms with E-state index in [1.54, 1.807) is 42.5 Å². The van der Waals surface area contributed by atoms with Gasteiger partial charge in [0.2, 0.25) is 0 Å². The fourth-order valence-electron chi connectivity index (χ4n) is 2.08. The molecule has 0 N–H and O–H groups in total. The molecule has 2 aromatic rings. The maximum absolute atomic E-state index is 12.6. The number of nitrogens with zero attached hydrogens (tertiary/aromatic N) is 2. The van der Waals surface area contributed by atoms with Gasteiger partial charge >= 0.3 is 0 Å². The molecule has 0 unspecified atom stereocenters. The summed E-state index contributed by atoms with van der Waals surface area (Å²) < 4.78 is 0. The Labute approximate surface area is 124 Å². The zero-order valence-corrected chi connectivity index (χ0v) is 12.6. The molecule has 20 heavy (non-hydrogen) atoms. The van der Waals surface area contributed by atoms with Gasteiger partial charge in [-0.3, -0.25) is 9.78 Å². The van der Waals surface area contributed by atoms with Crippen molar-refractivity contribution in [3.05, 3.63) is 64.4 Å². The Balaban J connectivity index is 2.24. The molecule has 1 heterocycles. The molecule has 0 saturated heterocycles. The van der Waals surface area contributed by atoms with Crippen LogP contribution in [0.3, 0.4) is 0 Å². The number of carbonyl (C=O) groups is 1. The van der Waals surface area contributed by atoms with E-state index in [2.05, 4.69) is 4.98 Å². The van der Waals surface area contributed by atoms with E-state index in [1.807, 2.05) is 26.0 Å². The second kappa shape index (κ2) is 6.06. The Morgan fingerprint density at radius 3 is 2.70 bits per heavy atom. The van der Waals surface area contributed by atoms with Crippen LogP contribution in [-0.4, -0.2) is 22.8 Å². The van der Waals surface area contributed by atoms with Crippen molar-refractivity contribution in [2.75, 3.05) is 7.05 Å². The number of aryl methyl sites for hydroxylation is 1. The van der Waals surface area contributed by atoms with Crippen LogP contribution in [0.1, 0.15) is 34.5 Å². The van der Waals surface area contributed by atoms with E-state index in [0.29, 0.717) is 10.6 Å². The molecule has 0 aliphatic rings. The van der Waals surface area contributed by atoms with Crippen LogP contribution in [0.15, 0.2) is 42.7 Å². The molecule has 0 spiro atoms. The average molecular weight is 289 g/mol. The van der Waals surface area contributed by atoms with E-state index in [4.69, 9.17) is 11.6 Å². The van der Waals surface area contributed by atoms with Crippen LogP contribution < -0.4 is 0 Å². The zero-order valence-electron chi connectivity index (χ0n) is 11.8. The van der Waals surface area contributed by atoms with Gasteiger partial charge in [-0.1, -0.05) is 17.7 Å². The Bertz CT molecular complexity index is 613. The molecule has 0 fully saturated rings. The molecule has 4 heteroatoms. The number of pyridine rings is 1. The number of benzene rings is 1. The molecule has 1 amide bonds. The summed E-state index contributed by atoms with van der Waals surface area (Å²) in [5, 5.41) is 0.641. The second-order valence-corrected chi connectivity index (χ2v) is 5.27. The largest absolute Gasteiger partial charge is 0.335 e. The molecule has 0 aliphatic heterocycles. The monoisotopic (exact) mass is 288 g/mol. The van der Waals surface area contributed by atoms with Crippen LogP contribution >= 0.6 is 11.6 Å². The lowest BCUT2D eigenvalue weighted by molar-refractivity contribution is 0.0741. The number of halogens is 1. The first-order valence-corrected chi connectivity index (χ1v) is 6.81. The number of amides is 1. The van der Waals surface area contributed by atoms with Crippen molar-refractivity contribution < 1.29 is 4.79 Å². The molecular weight excluding hydrogens is 272 g/mol. The summed E-state index contributed by atoms with van der Waals surface area (Å²) in [7, 11) is 1.80. The number of rotatable bonds is 3. The maximum atomic E-state index is 12.6. The summed E-state index contributed by atoms with van der Waals surface area (Å²) in [6.07, 6.45) is 3.50. The Hall–Kier alpha value is -1.87. The number of hydrogen-bond acceptors (Lipinski definition) is 2. The van der Waals surface area contributed by atoms with Crippen molar-refractivity contribution in [2.45, 2.75) is 19.9 Å². The highest BCUT2D eigenvalue weighted by Gasteiger charge is 2.20. The Morgan fingerprint density at radius 2 is 2.10 bits per heavy atom. The summed E-state index contributed by atoms with van der Waals surface area (Å²) in [5.41, 5.74) is 2.57. The lowest BCUT2D eigenvalue weighted by atomic mass is 10.1.